The van der Waals surface area contributed by atoms with Crippen LogP contribution < -0.4 is 10.1 Å². The summed E-state index contributed by atoms with van der Waals surface area (Å²) in [6.45, 7) is 4.69. The van der Waals surface area contributed by atoms with Crippen LogP contribution in [0.15, 0.2) is 102 Å². The number of nitrogens with one attached hydrogen (secondary N) is 1. The standard InChI is InChI=1S/C31H27ClFN3O3/c1-31(2,21-7-4-3-5-8-21)22-11-13-23(14-12-22)38-20-24-15-16-28(39-24)30(37)34-29-17-18-36(35-29)19-25-26(32)9-6-10-27(25)33/h3-18H,19-20H2,1-2H3,(H,34,35,37). The van der Waals surface area contributed by atoms with Crippen molar-refractivity contribution in [2.24, 2.45) is 0 Å². The van der Waals surface area contributed by atoms with Crippen LogP contribution in [0.1, 0.15) is 46.9 Å². The van der Waals surface area contributed by atoms with Crippen molar-refractivity contribution in [2.75, 3.05) is 5.32 Å². The van der Waals surface area contributed by atoms with Gasteiger partial charge in [-0.1, -0.05) is 74.0 Å². The fourth-order valence-corrected chi connectivity index (χ4v) is 4.48. The second-order valence-electron chi connectivity index (χ2n) is 9.62. The summed E-state index contributed by atoms with van der Waals surface area (Å²) in [6.07, 6.45) is 1.63. The van der Waals surface area contributed by atoms with Gasteiger partial charge in [0.1, 0.15) is 23.9 Å². The first-order chi connectivity index (χ1) is 18.8. The Labute approximate surface area is 231 Å². The summed E-state index contributed by atoms with van der Waals surface area (Å²) in [5.74, 6) is 0.767. The first kappa shape index (κ1) is 26.3. The van der Waals surface area contributed by atoms with Crippen molar-refractivity contribution in [3.8, 4) is 5.75 Å². The maximum absolute atomic E-state index is 14.1. The summed E-state index contributed by atoms with van der Waals surface area (Å²) in [6, 6.07) is 27.7. The monoisotopic (exact) mass is 543 g/mol. The molecule has 0 radical (unpaired) electrons. The number of ether oxygens (including phenoxy) is 1. The highest BCUT2D eigenvalue weighted by atomic mass is 35.5. The number of nitrogens with zero attached hydrogens (tertiary/aromatic N) is 2. The third-order valence-electron chi connectivity index (χ3n) is 6.60. The molecule has 2 aromatic heterocycles. The third-order valence-corrected chi connectivity index (χ3v) is 6.96. The Morgan fingerprint density at radius 2 is 1.72 bits per heavy atom. The van der Waals surface area contributed by atoms with Gasteiger partial charge in [0.15, 0.2) is 11.6 Å². The van der Waals surface area contributed by atoms with Crippen LogP contribution in [0.4, 0.5) is 10.2 Å². The van der Waals surface area contributed by atoms with Gasteiger partial charge in [0.05, 0.1) is 6.54 Å². The zero-order valence-electron chi connectivity index (χ0n) is 21.5. The molecule has 0 saturated carbocycles. The van der Waals surface area contributed by atoms with Gasteiger partial charge in [0, 0.05) is 28.3 Å². The average molecular weight is 544 g/mol. The minimum atomic E-state index is -0.456. The Morgan fingerprint density at radius 1 is 0.974 bits per heavy atom. The quantitative estimate of drug-likeness (QED) is 0.209. The highest BCUT2D eigenvalue weighted by Crippen LogP contribution is 2.32. The molecule has 5 rings (SSSR count). The van der Waals surface area contributed by atoms with E-state index in [1.165, 1.54) is 21.9 Å². The third kappa shape index (κ3) is 6.04. The van der Waals surface area contributed by atoms with E-state index >= 15 is 0 Å². The molecule has 3 aromatic carbocycles. The van der Waals surface area contributed by atoms with Crippen molar-refractivity contribution in [1.29, 1.82) is 0 Å². The van der Waals surface area contributed by atoms with Gasteiger partial charge in [-0.15, -0.1) is 0 Å². The molecule has 1 amide bonds. The SMILES string of the molecule is CC(C)(c1ccccc1)c1ccc(OCc2ccc(C(=O)Nc3ccn(Cc4c(F)cccc4Cl)n3)o2)cc1. The second kappa shape index (κ2) is 11.2. The van der Waals surface area contributed by atoms with Crippen LogP contribution in [0, 0.1) is 5.82 Å². The molecule has 0 fully saturated rings. The van der Waals surface area contributed by atoms with Crippen LogP contribution in [0.25, 0.3) is 0 Å². The van der Waals surface area contributed by atoms with Gasteiger partial charge in [-0.3, -0.25) is 9.48 Å². The average Bonchev–Trinajstić information content (AvgIpc) is 3.60. The summed E-state index contributed by atoms with van der Waals surface area (Å²) >= 11 is 6.09. The van der Waals surface area contributed by atoms with E-state index in [-0.39, 0.29) is 24.3 Å². The maximum Gasteiger partial charge on any atom is 0.292 e. The Balaban J connectivity index is 1.16. The van der Waals surface area contributed by atoms with Crippen LogP contribution in [0.2, 0.25) is 5.02 Å². The molecular weight excluding hydrogens is 517 g/mol. The van der Waals surface area contributed by atoms with E-state index in [0.717, 1.165) is 0 Å². The smallest absolute Gasteiger partial charge is 0.292 e. The van der Waals surface area contributed by atoms with Gasteiger partial charge >= 0.3 is 0 Å². The fourth-order valence-electron chi connectivity index (χ4n) is 4.26. The lowest BCUT2D eigenvalue weighted by Crippen LogP contribution is -2.18. The van der Waals surface area contributed by atoms with Crippen LogP contribution in [-0.2, 0) is 18.6 Å². The molecule has 2 heterocycles. The normalized spacial score (nSPS) is 11.4. The van der Waals surface area contributed by atoms with E-state index in [4.69, 9.17) is 20.8 Å². The van der Waals surface area contributed by atoms with Gasteiger partial charge in [0.25, 0.3) is 5.91 Å². The summed E-state index contributed by atoms with van der Waals surface area (Å²) in [4.78, 5) is 12.6. The summed E-state index contributed by atoms with van der Waals surface area (Å²) < 4.78 is 27.1. The molecule has 0 spiro atoms. The van der Waals surface area contributed by atoms with Crippen LogP contribution >= 0.6 is 11.6 Å². The van der Waals surface area contributed by atoms with Crippen molar-refractivity contribution in [3.63, 3.8) is 0 Å². The number of amides is 1. The maximum atomic E-state index is 14.1. The number of benzene rings is 3. The second-order valence-corrected chi connectivity index (χ2v) is 10.0. The first-order valence-electron chi connectivity index (χ1n) is 12.4. The zero-order chi connectivity index (χ0) is 27.4. The Hall–Kier alpha value is -4.36. The molecule has 8 heteroatoms. The lowest BCUT2D eigenvalue weighted by atomic mass is 9.78. The van der Waals surface area contributed by atoms with Gasteiger partial charge < -0.3 is 14.5 Å². The lowest BCUT2D eigenvalue weighted by molar-refractivity contribution is 0.0992. The van der Waals surface area contributed by atoms with Crippen LogP contribution in [0.3, 0.4) is 0 Å². The van der Waals surface area contributed by atoms with Crippen LogP contribution in [0.5, 0.6) is 5.75 Å². The Bertz CT molecular complexity index is 1560. The van der Waals surface area contributed by atoms with Gasteiger partial charge in [-0.05, 0) is 47.5 Å². The molecule has 6 nitrogen and oxygen atoms in total. The number of carbonyl (C=O) groups excluding carboxylic acids is 1. The van der Waals surface area contributed by atoms with E-state index in [1.54, 1.807) is 36.5 Å². The van der Waals surface area contributed by atoms with Crippen molar-refractivity contribution in [2.45, 2.75) is 32.4 Å². The highest BCUT2D eigenvalue weighted by molar-refractivity contribution is 6.31. The van der Waals surface area contributed by atoms with E-state index in [0.29, 0.717) is 27.9 Å². The fraction of sp³-hybridized carbons (Fsp3) is 0.161. The number of furan rings is 1. The molecule has 0 aliphatic rings. The van der Waals surface area contributed by atoms with Gasteiger partial charge in [-0.2, -0.15) is 5.10 Å². The van der Waals surface area contributed by atoms with E-state index < -0.39 is 11.7 Å². The summed E-state index contributed by atoms with van der Waals surface area (Å²) in [7, 11) is 0. The van der Waals surface area contributed by atoms with Crippen molar-refractivity contribution in [3.05, 3.63) is 136 Å². The molecule has 39 heavy (non-hydrogen) atoms. The molecule has 0 unspecified atom stereocenters. The topological polar surface area (TPSA) is 69.3 Å². The number of hydrogen-bond donors (Lipinski definition) is 1. The highest BCUT2D eigenvalue weighted by Gasteiger charge is 2.22. The van der Waals surface area contributed by atoms with Crippen molar-refractivity contribution < 1.29 is 18.3 Å². The molecule has 0 aliphatic carbocycles. The molecule has 0 atom stereocenters. The number of rotatable bonds is 9. The Kier molecular flexibility index (Phi) is 7.52. The molecule has 198 valence electrons. The van der Waals surface area contributed by atoms with Gasteiger partial charge in [0.2, 0.25) is 0 Å². The van der Waals surface area contributed by atoms with E-state index in [2.05, 4.69) is 48.5 Å². The molecule has 0 aliphatic heterocycles. The number of carbonyl (C=O) groups is 1. The number of anilines is 1. The largest absolute Gasteiger partial charge is 0.486 e. The van der Waals surface area contributed by atoms with Crippen LogP contribution in [-0.4, -0.2) is 15.7 Å². The minimum absolute atomic E-state index is 0.125. The molecular formula is C31H27ClFN3O3. The van der Waals surface area contributed by atoms with Crippen molar-refractivity contribution in [1.82, 2.24) is 9.78 Å². The first-order valence-corrected chi connectivity index (χ1v) is 12.8. The zero-order valence-corrected chi connectivity index (χ0v) is 22.3. The number of hydrogen-bond acceptors (Lipinski definition) is 4. The predicted octanol–water partition coefficient (Wildman–Crippen LogP) is 7.47. The minimum Gasteiger partial charge on any atom is -0.486 e. The number of aromatic nitrogens is 2. The molecule has 1 N–H and O–H groups in total. The van der Waals surface area contributed by atoms with Gasteiger partial charge in [-0.25, -0.2) is 4.39 Å². The van der Waals surface area contributed by atoms with E-state index in [1.807, 2.05) is 30.3 Å². The van der Waals surface area contributed by atoms with E-state index in [9.17, 15) is 9.18 Å². The predicted molar refractivity (Wildman–Crippen MR) is 149 cm³/mol. The molecule has 0 saturated heterocycles. The Morgan fingerprint density at radius 3 is 2.46 bits per heavy atom. The molecule has 5 aromatic rings. The summed E-state index contributed by atoms with van der Waals surface area (Å²) in [5, 5.41) is 7.27. The van der Waals surface area contributed by atoms with Crippen molar-refractivity contribution >= 4 is 23.3 Å². The molecule has 0 bridgehead atoms. The lowest BCUT2D eigenvalue weighted by Gasteiger charge is -2.26. The number of halogens is 2. The summed E-state index contributed by atoms with van der Waals surface area (Å²) in [5.41, 5.74) is 2.60.